The molecule has 1 aromatic heterocycles. The first-order valence-electron chi connectivity index (χ1n) is 9.83. The number of amides is 2. The number of urea groups is 1. The number of hydrogen-bond acceptors (Lipinski definition) is 6. The van der Waals surface area contributed by atoms with Gasteiger partial charge in [0.2, 0.25) is 5.89 Å². The molecular weight excluding hydrogens is 334 g/mol. The maximum Gasteiger partial charge on any atom is 0.317 e. The van der Waals surface area contributed by atoms with E-state index in [4.69, 9.17) is 9.26 Å². The van der Waals surface area contributed by atoms with E-state index < -0.39 is 0 Å². The van der Waals surface area contributed by atoms with E-state index in [-0.39, 0.29) is 12.1 Å². The quantitative estimate of drug-likeness (QED) is 0.829. The van der Waals surface area contributed by atoms with Gasteiger partial charge >= 0.3 is 6.03 Å². The maximum atomic E-state index is 12.5. The van der Waals surface area contributed by atoms with E-state index in [0.29, 0.717) is 25.0 Å². The highest BCUT2D eigenvalue weighted by Gasteiger charge is 2.25. The Kier molecular flexibility index (Phi) is 6.85. The molecule has 1 N–H and O–H groups in total. The van der Waals surface area contributed by atoms with Gasteiger partial charge < -0.3 is 19.5 Å². The number of rotatable bonds is 6. The summed E-state index contributed by atoms with van der Waals surface area (Å²) in [4.78, 5) is 21.1. The third kappa shape index (κ3) is 5.17. The Hall–Kier alpha value is -1.67. The number of nitrogens with one attached hydrogen (secondary N) is 1. The van der Waals surface area contributed by atoms with Crippen LogP contribution in [0.2, 0.25) is 0 Å². The minimum atomic E-state index is 0.0398. The van der Waals surface area contributed by atoms with Crippen molar-refractivity contribution in [2.24, 2.45) is 0 Å². The van der Waals surface area contributed by atoms with Gasteiger partial charge in [-0.05, 0) is 38.6 Å². The van der Waals surface area contributed by atoms with Gasteiger partial charge in [0.25, 0.3) is 0 Å². The van der Waals surface area contributed by atoms with Crippen LogP contribution in [-0.2, 0) is 11.3 Å². The predicted octanol–water partition coefficient (Wildman–Crippen LogP) is 1.94. The number of carbonyl (C=O) groups is 1. The van der Waals surface area contributed by atoms with Crippen molar-refractivity contribution in [3.8, 4) is 0 Å². The summed E-state index contributed by atoms with van der Waals surface area (Å²) in [6.45, 7) is 8.63. The van der Waals surface area contributed by atoms with E-state index in [0.717, 1.165) is 64.2 Å². The summed E-state index contributed by atoms with van der Waals surface area (Å²) >= 11 is 0. The first kappa shape index (κ1) is 19.1. The molecule has 8 nitrogen and oxygen atoms in total. The summed E-state index contributed by atoms with van der Waals surface area (Å²) < 4.78 is 10.7. The second kappa shape index (κ2) is 9.32. The molecule has 0 saturated carbocycles. The second-order valence-corrected chi connectivity index (χ2v) is 7.19. The molecule has 0 radical (unpaired) electrons. The van der Waals surface area contributed by atoms with Crippen LogP contribution in [0.4, 0.5) is 4.79 Å². The fourth-order valence-corrected chi connectivity index (χ4v) is 3.85. The zero-order chi connectivity index (χ0) is 18.4. The molecule has 2 fully saturated rings. The molecule has 3 rings (SSSR count). The van der Waals surface area contributed by atoms with Gasteiger partial charge in [-0.1, -0.05) is 12.1 Å². The lowest BCUT2D eigenvalue weighted by molar-refractivity contribution is 0.109. The Morgan fingerprint density at radius 2 is 2.19 bits per heavy atom. The summed E-state index contributed by atoms with van der Waals surface area (Å²) in [6, 6.07) is 0.479. The summed E-state index contributed by atoms with van der Waals surface area (Å²) in [5.74, 6) is 1.34. The molecule has 146 valence electrons. The summed E-state index contributed by atoms with van der Waals surface area (Å²) in [5, 5.41) is 7.05. The molecule has 0 unspecified atom stereocenters. The van der Waals surface area contributed by atoms with Crippen LogP contribution in [0.5, 0.6) is 0 Å². The number of ether oxygens (including phenoxy) is 1. The lowest BCUT2D eigenvalue weighted by Gasteiger charge is -2.29. The molecule has 1 aromatic rings. The average molecular weight is 365 g/mol. The number of nitrogens with zero attached hydrogens (tertiary/aromatic N) is 4. The Morgan fingerprint density at radius 1 is 1.31 bits per heavy atom. The molecule has 2 amide bonds. The van der Waals surface area contributed by atoms with E-state index in [9.17, 15) is 4.79 Å². The number of aryl methyl sites for hydroxylation is 1. The van der Waals surface area contributed by atoms with Gasteiger partial charge in [0, 0.05) is 39.2 Å². The van der Waals surface area contributed by atoms with Gasteiger partial charge in [0.15, 0.2) is 5.82 Å². The monoisotopic (exact) mass is 365 g/mol. The molecule has 0 bridgehead atoms. The third-order valence-electron chi connectivity index (χ3n) is 5.33. The topological polar surface area (TPSA) is 83.7 Å². The number of likely N-dealkylation sites (tertiary alicyclic amines) is 1. The van der Waals surface area contributed by atoms with E-state index in [1.54, 1.807) is 0 Å². The van der Waals surface area contributed by atoms with Crippen LogP contribution >= 0.6 is 0 Å². The largest absolute Gasteiger partial charge is 0.376 e. The molecule has 0 aliphatic carbocycles. The van der Waals surface area contributed by atoms with E-state index >= 15 is 0 Å². The molecule has 2 aliphatic heterocycles. The highest BCUT2D eigenvalue weighted by atomic mass is 16.5. The van der Waals surface area contributed by atoms with E-state index in [1.807, 2.05) is 11.8 Å². The minimum absolute atomic E-state index is 0.0398. The molecule has 3 heterocycles. The van der Waals surface area contributed by atoms with Crippen LogP contribution in [-0.4, -0.2) is 70.9 Å². The fourth-order valence-electron chi connectivity index (χ4n) is 3.85. The highest BCUT2D eigenvalue weighted by molar-refractivity contribution is 5.74. The van der Waals surface area contributed by atoms with Gasteiger partial charge in [0.05, 0.1) is 12.6 Å². The van der Waals surface area contributed by atoms with Crippen molar-refractivity contribution in [1.29, 1.82) is 0 Å². The zero-order valence-corrected chi connectivity index (χ0v) is 15.9. The van der Waals surface area contributed by atoms with Gasteiger partial charge in [-0.2, -0.15) is 4.98 Å². The molecule has 2 atom stereocenters. The van der Waals surface area contributed by atoms with Crippen LogP contribution in [0.15, 0.2) is 4.52 Å². The Morgan fingerprint density at radius 3 is 2.88 bits per heavy atom. The highest BCUT2D eigenvalue weighted by Crippen LogP contribution is 2.19. The molecule has 8 heteroatoms. The van der Waals surface area contributed by atoms with Gasteiger partial charge in [-0.25, -0.2) is 4.79 Å². The SMILES string of the molecule is CCN(Cc1noc(C)n1)[C@@H]1CCCN(C(=O)NC[C@@H]2CCCO2)CC1. The Balaban J connectivity index is 1.47. The van der Waals surface area contributed by atoms with Crippen LogP contribution < -0.4 is 5.32 Å². The van der Waals surface area contributed by atoms with Gasteiger partial charge in [0.1, 0.15) is 0 Å². The molecule has 2 aliphatic rings. The van der Waals surface area contributed by atoms with Crippen molar-refractivity contribution in [1.82, 2.24) is 25.3 Å². The molecule has 0 spiro atoms. The van der Waals surface area contributed by atoms with Crippen molar-refractivity contribution >= 4 is 6.03 Å². The van der Waals surface area contributed by atoms with Gasteiger partial charge in [-0.15, -0.1) is 0 Å². The number of carbonyl (C=O) groups excluding carboxylic acids is 1. The van der Waals surface area contributed by atoms with Gasteiger partial charge in [-0.3, -0.25) is 4.90 Å². The first-order chi connectivity index (χ1) is 12.7. The molecular formula is C18H31N5O3. The fraction of sp³-hybridized carbons (Fsp3) is 0.833. The predicted molar refractivity (Wildman–Crippen MR) is 96.7 cm³/mol. The lowest BCUT2D eigenvalue weighted by Crippen LogP contribution is -2.43. The molecule has 2 saturated heterocycles. The average Bonchev–Trinajstić information content (AvgIpc) is 3.24. The molecule has 0 aromatic carbocycles. The second-order valence-electron chi connectivity index (χ2n) is 7.19. The van der Waals surface area contributed by atoms with Crippen molar-refractivity contribution < 1.29 is 14.1 Å². The van der Waals surface area contributed by atoms with Crippen LogP contribution in [0.1, 0.15) is 50.7 Å². The van der Waals surface area contributed by atoms with Crippen molar-refractivity contribution in [3.63, 3.8) is 0 Å². The van der Waals surface area contributed by atoms with Crippen LogP contribution in [0, 0.1) is 6.92 Å². The Labute approximate surface area is 155 Å². The molecule has 26 heavy (non-hydrogen) atoms. The normalized spacial score (nSPS) is 24.0. The van der Waals surface area contributed by atoms with E-state index in [1.165, 1.54) is 0 Å². The van der Waals surface area contributed by atoms with E-state index in [2.05, 4.69) is 27.3 Å². The lowest BCUT2D eigenvalue weighted by atomic mass is 10.1. The summed E-state index contributed by atoms with van der Waals surface area (Å²) in [5.41, 5.74) is 0. The summed E-state index contributed by atoms with van der Waals surface area (Å²) in [6.07, 6.45) is 5.40. The summed E-state index contributed by atoms with van der Waals surface area (Å²) in [7, 11) is 0. The third-order valence-corrected chi connectivity index (χ3v) is 5.33. The number of aromatic nitrogens is 2. The van der Waals surface area contributed by atoms with Crippen molar-refractivity contribution in [3.05, 3.63) is 11.7 Å². The smallest absolute Gasteiger partial charge is 0.317 e. The zero-order valence-electron chi connectivity index (χ0n) is 15.9. The van der Waals surface area contributed by atoms with Crippen LogP contribution in [0.3, 0.4) is 0 Å². The van der Waals surface area contributed by atoms with Crippen molar-refractivity contribution in [2.75, 3.05) is 32.8 Å². The number of hydrogen-bond donors (Lipinski definition) is 1. The minimum Gasteiger partial charge on any atom is -0.376 e. The van der Waals surface area contributed by atoms with Crippen molar-refractivity contribution in [2.45, 2.75) is 64.6 Å². The Bertz CT molecular complexity index is 573. The maximum absolute atomic E-state index is 12.5. The van der Waals surface area contributed by atoms with Crippen LogP contribution in [0.25, 0.3) is 0 Å². The standard InChI is InChI=1S/C18H31N5O3/c1-3-22(13-17-20-14(2)26-21-17)15-6-4-9-23(10-8-15)18(24)19-12-16-7-5-11-25-16/h15-16H,3-13H2,1-2H3,(H,19,24)/t15-,16+/m1/s1. The first-order valence-corrected chi connectivity index (χ1v) is 9.83.